The highest BCUT2D eigenvalue weighted by molar-refractivity contribution is 8.05. The minimum atomic E-state index is 0.663. The zero-order valence-corrected chi connectivity index (χ0v) is 6.85. The molecule has 54 valence electrons. The maximum absolute atomic E-state index is 7.99. The summed E-state index contributed by atoms with van der Waals surface area (Å²) in [5, 5.41) is 5.14. The molecule has 0 amide bonds. The van der Waals surface area contributed by atoms with Crippen LogP contribution in [-0.2, 0) is 0 Å². The van der Waals surface area contributed by atoms with Gasteiger partial charge in [-0.1, -0.05) is 11.7 Å². The van der Waals surface area contributed by atoms with Gasteiger partial charge in [-0.25, -0.2) is 0 Å². The number of azide groups is 1. The highest BCUT2D eigenvalue weighted by atomic mass is 32.2. The van der Waals surface area contributed by atoms with Crippen LogP contribution >= 0.6 is 11.8 Å². The summed E-state index contributed by atoms with van der Waals surface area (Å²) in [5.74, 6) is 0. The summed E-state index contributed by atoms with van der Waals surface area (Å²) < 4.78 is 0. The Balaban J connectivity index is 3.91. The first-order valence-electron chi connectivity index (χ1n) is 2.71. The first-order chi connectivity index (χ1) is 4.66. The molecule has 0 unspecified atom stereocenters. The van der Waals surface area contributed by atoms with Gasteiger partial charge >= 0.3 is 0 Å². The van der Waals surface area contributed by atoms with Gasteiger partial charge in [-0.05, 0) is 29.7 Å². The molecule has 0 atom stereocenters. The quantitative estimate of drug-likeness (QED) is 0.350. The second-order valence-corrected chi connectivity index (χ2v) is 2.94. The third-order valence-corrected chi connectivity index (χ3v) is 1.49. The van der Waals surface area contributed by atoms with E-state index in [1.807, 2.05) is 6.92 Å². The second-order valence-electron chi connectivity index (χ2n) is 1.77. The normalized spacial score (nSPS) is 10.4. The topological polar surface area (TPSA) is 48.8 Å². The van der Waals surface area contributed by atoms with Crippen LogP contribution in [0.3, 0.4) is 0 Å². The average molecular weight is 155 g/mol. The predicted octanol–water partition coefficient (Wildman–Crippen LogP) is 3.42. The fraction of sp³-hybridized carbons (Fsp3) is 0.333. The standard InChI is InChI=1S/C6H9N3S/c1-5(2)10-4-6(3)8-9-7/h4H,1H2,2-3H3/b6-4-. The van der Waals surface area contributed by atoms with E-state index >= 15 is 0 Å². The monoisotopic (exact) mass is 155 g/mol. The van der Waals surface area contributed by atoms with E-state index in [1.54, 1.807) is 12.3 Å². The lowest BCUT2D eigenvalue weighted by Crippen LogP contribution is -1.62. The summed E-state index contributed by atoms with van der Waals surface area (Å²) in [6.45, 7) is 7.31. The van der Waals surface area contributed by atoms with Crippen molar-refractivity contribution in [1.29, 1.82) is 0 Å². The summed E-state index contributed by atoms with van der Waals surface area (Å²) in [7, 11) is 0. The first kappa shape index (κ1) is 9.14. The van der Waals surface area contributed by atoms with E-state index in [0.29, 0.717) is 5.70 Å². The van der Waals surface area contributed by atoms with Crippen molar-refractivity contribution in [2.24, 2.45) is 5.11 Å². The zero-order chi connectivity index (χ0) is 7.98. The van der Waals surface area contributed by atoms with Crippen molar-refractivity contribution < 1.29 is 0 Å². The van der Waals surface area contributed by atoms with Crippen LogP contribution in [0, 0.1) is 0 Å². The van der Waals surface area contributed by atoms with E-state index in [1.165, 1.54) is 11.8 Å². The zero-order valence-electron chi connectivity index (χ0n) is 6.03. The SMILES string of the molecule is C=C(C)S/C=C(/C)N=[N+]=[N-]. The van der Waals surface area contributed by atoms with Crippen LogP contribution in [0.4, 0.5) is 0 Å². The van der Waals surface area contributed by atoms with Crippen molar-refractivity contribution in [3.8, 4) is 0 Å². The molecule has 0 aromatic carbocycles. The Morgan fingerprint density at radius 1 is 1.70 bits per heavy atom. The van der Waals surface area contributed by atoms with Gasteiger partial charge in [0.1, 0.15) is 0 Å². The minimum absolute atomic E-state index is 0.663. The van der Waals surface area contributed by atoms with Gasteiger partial charge in [0, 0.05) is 10.6 Å². The number of hydrogen-bond acceptors (Lipinski definition) is 2. The summed E-state index contributed by atoms with van der Waals surface area (Å²) in [6, 6.07) is 0. The Morgan fingerprint density at radius 2 is 2.30 bits per heavy atom. The van der Waals surface area contributed by atoms with Gasteiger partial charge < -0.3 is 0 Å². The molecule has 0 aliphatic heterocycles. The van der Waals surface area contributed by atoms with Gasteiger partial charge in [0.25, 0.3) is 0 Å². The molecule has 0 rings (SSSR count). The van der Waals surface area contributed by atoms with E-state index < -0.39 is 0 Å². The molecule has 0 heterocycles. The van der Waals surface area contributed by atoms with E-state index in [9.17, 15) is 0 Å². The molecule has 0 spiro atoms. The van der Waals surface area contributed by atoms with Gasteiger partial charge in [-0.3, -0.25) is 0 Å². The number of hydrogen-bond donors (Lipinski definition) is 0. The lowest BCUT2D eigenvalue weighted by atomic mass is 10.6. The molecule has 3 nitrogen and oxygen atoms in total. The van der Waals surface area contributed by atoms with Gasteiger partial charge in [-0.15, -0.1) is 11.8 Å². The van der Waals surface area contributed by atoms with Crippen molar-refractivity contribution in [3.63, 3.8) is 0 Å². The lowest BCUT2D eigenvalue weighted by Gasteiger charge is -1.89. The molecule has 4 heteroatoms. The van der Waals surface area contributed by atoms with Crippen LogP contribution in [-0.4, -0.2) is 0 Å². The molecule has 0 aromatic heterocycles. The molecular formula is C6H9N3S. The molecule has 0 radical (unpaired) electrons. The van der Waals surface area contributed by atoms with E-state index in [4.69, 9.17) is 5.53 Å². The lowest BCUT2D eigenvalue weighted by molar-refractivity contribution is 1.29. The van der Waals surface area contributed by atoms with E-state index in [2.05, 4.69) is 16.6 Å². The maximum Gasteiger partial charge on any atom is 0.0186 e. The third-order valence-electron chi connectivity index (χ3n) is 0.633. The van der Waals surface area contributed by atoms with Crippen LogP contribution in [0.2, 0.25) is 0 Å². The Kier molecular flexibility index (Phi) is 4.54. The Morgan fingerprint density at radius 3 is 2.70 bits per heavy atom. The fourth-order valence-corrected chi connectivity index (χ4v) is 0.699. The summed E-state index contributed by atoms with van der Waals surface area (Å²) in [4.78, 5) is 3.61. The minimum Gasteiger partial charge on any atom is -0.103 e. The van der Waals surface area contributed by atoms with Crippen LogP contribution in [0.15, 0.2) is 27.7 Å². The van der Waals surface area contributed by atoms with Crippen molar-refractivity contribution in [3.05, 3.63) is 33.0 Å². The molecule has 0 aliphatic rings. The van der Waals surface area contributed by atoms with Crippen molar-refractivity contribution >= 4 is 11.8 Å². The summed E-state index contributed by atoms with van der Waals surface area (Å²) >= 11 is 1.46. The Hall–Kier alpha value is -0.860. The summed E-state index contributed by atoms with van der Waals surface area (Å²) in [5.41, 5.74) is 8.65. The Bertz CT molecular complexity index is 201. The van der Waals surface area contributed by atoms with E-state index in [0.717, 1.165) is 4.91 Å². The number of thioether (sulfide) groups is 1. The smallest absolute Gasteiger partial charge is 0.0186 e. The van der Waals surface area contributed by atoms with Crippen molar-refractivity contribution in [2.75, 3.05) is 0 Å². The fourth-order valence-electron chi connectivity index (χ4n) is 0.280. The first-order valence-corrected chi connectivity index (χ1v) is 3.59. The Labute approximate surface area is 64.4 Å². The molecule has 0 aliphatic carbocycles. The van der Waals surface area contributed by atoms with Crippen LogP contribution in [0.5, 0.6) is 0 Å². The molecule has 10 heavy (non-hydrogen) atoms. The highest BCUT2D eigenvalue weighted by Crippen LogP contribution is 2.15. The van der Waals surface area contributed by atoms with Crippen LogP contribution in [0.1, 0.15) is 13.8 Å². The molecule has 0 saturated carbocycles. The van der Waals surface area contributed by atoms with Gasteiger partial charge in [0.2, 0.25) is 0 Å². The predicted molar refractivity (Wildman–Crippen MR) is 45.3 cm³/mol. The molecule has 0 N–H and O–H groups in total. The van der Waals surface area contributed by atoms with Crippen LogP contribution < -0.4 is 0 Å². The van der Waals surface area contributed by atoms with Crippen LogP contribution in [0.25, 0.3) is 10.4 Å². The van der Waals surface area contributed by atoms with Gasteiger partial charge in [0.15, 0.2) is 0 Å². The second kappa shape index (κ2) is 4.97. The highest BCUT2D eigenvalue weighted by Gasteiger charge is 1.83. The molecule has 0 saturated heterocycles. The molecular weight excluding hydrogens is 146 g/mol. The maximum atomic E-state index is 7.99. The largest absolute Gasteiger partial charge is 0.103 e. The van der Waals surface area contributed by atoms with Crippen molar-refractivity contribution in [1.82, 2.24) is 0 Å². The van der Waals surface area contributed by atoms with Gasteiger partial charge in [-0.2, -0.15) is 0 Å². The molecule has 0 fully saturated rings. The number of nitrogens with zero attached hydrogens (tertiary/aromatic N) is 3. The number of rotatable bonds is 3. The number of allylic oxidation sites excluding steroid dienone is 2. The summed E-state index contributed by atoms with van der Waals surface area (Å²) in [6.07, 6.45) is 0. The average Bonchev–Trinajstić information content (AvgIpc) is 1.85. The van der Waals surface area contributed by atoms with Crippen molar-refractivity contribution in [2.45, 2.75) is 13.8 Å². The van der Waals surface area contributed by atoms with E-state index in [-0.39, 0.29) is 0 Å². The third kappa shape index (κ3) is 5.28. The van der Waals surface area contributed by atoms with Gasteiger partial charge in [0.05, 0.1) is 0 Å². The molecule has 0 bridgehead atoms. The molecule has 0 aromatic rings.